The summed E-state index contributed by atoms with van der Waals surface area (Å²) in [4.78, 5) is 16.2. The lowest BCUT2D eigenvalue weighted by atomic mass is 9.88. The molecule has 0 bridgehead atoms. The van der Waals surface area contributed by atoms with Crippen LogP contribution in [0.15, 0.2) is 71.1 Å². The van der Waals surface area contributed by atoms with Crippen molar-refractivity contribution in [3.8, 4) is 28.3 Å². The predicted molar refractivity (Wildman–Crippen MR) is 145 cm³/mol. The molecule has 0 fully saturated rings. The third-order valence-corrected chi connectivity index (χ3v) is 7.24. The van der Waals surface area contributed by atoms with Crippen molar-refractivity contribution < 1.29 is 19.1 Å². The Morgan fingerprint density at radius 3 is 2.54 bits per heavy atom. The number of hydrogen-bond donors (Lipinski definition) is 1. The number of carboxylic acid groups (broad SMARTS) is 1. The lowest BCUT2D eigenvalue weighted by Crippen LogP contribution is -2.06. The minimum atomic E-state index is -0.753. The van der Waals surface area contributed by atoms with Crippen molar-refractivity contribution in [2.24, 2.45) is 0 Å². The summed E-state index contributed by atoms with van der Waals surface area (Å²) in [7, 11) is 0. The number of aromatic nitrogens is 1. The maximum Gasteiger partial charge on any atom is 0.303 e. The molecule has 1 aromatic heterocycles. The van der Waals surface area contributed by atoms with Gasteiger partial charge in [0.05, 0.1) is 18.7 Å². The summed E-state index contributed by atoms with van der Waals surface area (Å²) in [6, 6.07) is 22.7. The van der Waals surface area contributed by atoms with Gasteiger partial charge in [-0.05, 0) is 83.7 Å². The smallest absolute Gasteiger partial charge is 0.303 e. The van der Waals surface area contributed by atoms with E-state index in [1.165, 1.54) is 11.1 Å². The molecule has 0 spiro atoms. The van der Waals surface area contributed by atoms with Crippen molar-refractivity contribution in [3.63, 3.8) is 0 Å². The van der Waals surface area contributed by atoms with Crippen LogP contribution < -0.4 is 4.74 Å². The minimum Gasteiger partial charge on any atom is -0.493 e. The fraction of sp³-hybridized carbons (Fsp3) is 0.312. The van der Waals surface area contributed by atoms with E-state index >= 15 is 0 Å². The summed E-state index contributed by atoms with van der Waals surface area (Å²) in [6.45, 7) is 6.78. The molecule has 1 N–H and O–H groups in total. The van der Waals surface area contributed by atoms with E-state index in [1.807, 2.05) is 37.3 Å². The Labute approximate surface area is 218 Å². The van der Waals surface area contributed by atoms with Gasteiger partial charge in [0.25, 0.3) is 0 Å². The lowest BCUT2D eigenvalue weighted by Gasteiger charge is -2.18. The van der Waals surface area contributed by atoms with Crippen LogP contribution in [-0.4, -0.2) is 22.7 Å². The second kappa shape index (κ2) is 10.6. The van der Waals surface area contributed by atoms with Crippen LogP contribution in [0.3, 0.4) is 0 Å². The molecular weight excluding hydrogens is 462 g/mol. The van der Waals surface area contributed by atoms with Crippen molar-refractivity contribution in [2.75, 3.05) is 6.61 Å². The molecule has 5 nitrogen and oxygen atoms in total. The van der Waals surface area contributed by atoms with E-state index in [2.05, 4.69) is 50.2 Å². The Kier molecular flexibility index (Phi) is 7.13. The Morgan fingerprint density at radius 1 is 1.08 bits per heavy atom. The van der Waals surface area contributed by atoms with E-state index in [0.29, 0.717) is 24.8 Å². The van der Waals surface area contributed by atoms with Crippen molar-refractivity contribution >= 4 is 5.97 Å². The van der Waals surface area contributed by atoms with Crippen molar-refractivity contribution in [3.05, 3.63) is 94.9 Å². The number of aryl methyl sites for hydroxylation is 2. The van der Waals surface area contributed by atoms with Gasteiger partial charge >= 0.3 is 5.97 Å². The maximum absolute atomic E-state index is 11.6. The zero-order valence-electron chi connectivity index (χ0n) is 21.7. The number of carboxylic acids is 1. The number of rotatable bonds is 9. The first kappa shape index (κ1) is 24.8. The van der Waals surface area contributed by atoms with Crippen molar-refractivity contribution in [2.45, 2.75) is 58.3 Å². The third-order valence-electron chi connectivity index (χ3n) is 7.24. The summed E-state index contributed by atoms with van der Waals surface area (Å²) in [5.74, 6) is 1.97. The van der Waals surface area contributed by atoms with E-state index in [1.54, 1.807) is 0 Å². The first-order valence-corrected chi connectivity index (χ1v) is 13.0. The number of ether oxygens (including phenoxy) is 1. The van der Waals surface area contributed by atoms with Gasteiger partial charge in [-0.25, -0.2) is 4.98 Å². The highest BCUT2D eigenvalue weighted by Gasteiger charge is 2.29. The van der Waals surface area contributed by atoms with Crippen LogP contribution in [-0.2, 0) is 17.6 Å². The number of nitrogens with zero attached hydrogens (tertiary/aromatic N) is 1. The minimum absolute atomic E-state index is 0.0236. The monoisotopic (exact) mass is 495 g/mol. The average molecular weight is 496 g/mol. The summed E-state index contributed by atoms with van der Waals surface area (Å²) in [5.41, 5.74) is 7.67. The van der Waals surface area contributed by atoms with Crippen LogP contribution in [0.1, 0.15) is 66.7 Å². The summed E-state index contributed by atoms with van der Waals surface area (Å²) < 4.78 is 12.1. The van der Waals surface area contributed by atoms with E-state index in [-0.39, 0.29) is 12.3 Å². The summed E-state index contributed by atoms with van der Waals surface area (Å²) in [5, 5.41) is 9.50. The van der Waals surface area contributed by atoms with E-state index in [0.717, 1.165) is 52.3 Å². The Balaban J connectivity index is 1.38. The van der Waals surface area contributed by atoms with Gasteiger partial charge < -0.3 is 14.3 Å². The van der Waals surface area contributed by atoms with Gasteiger partial charge in [-0.1, -0.05) is 56.3 Å². The Bertz CT molecular complexity index is 1390. The maximum atomic E-state index is 11.6. The molecular formula is C32H33NO4. The highest BCUT2D eigenvalue weighted by Crippen LogP contribution is 2.44. The van der Waals surface area contributed by atoms with Crippen molar-refractivity contribution in [1.82, 2.24) is 4.98 Å². The largest absolute Gasteiger partial charge is 0.493 e. The van der Waals surface area contributed by atoms with Crippen molar-refractivity contribution in [1.29, 1.82) is 0 Å². The van der Waals surface area contributed by atoms with Crippen LogP contribution in [0, 0.1) is 6.92 Å². The molecule has 0 radical (unpaired) electrons. The van der Waals surface area contributed by atoms with Gasteiger partial charge in [0.2, 0.25) is 5.89 Å². The van der Waals surface area contributed by atoms with E-state index in [9.17, 15) is 9.90 Å². The second-order valence-electron chi connectivity index (χ2n) is 10.1. The fourth-order valence-electron chi connectivity index (χ4n) is 5.26. The molecule has 37 heavy (non-hydrogen) atoms. The number of oxazole rings is 1. The highest BCUT2D eigenvalue weighted by molar-refractivity contribution is 5.75. The van der Waals surface area contributed by atoms with Crippen LogP contribution in [0.2, 0.25) is 0 Å². The second-order valence-corrected chi connectivity index (χ2v) is 10.1. The van der Waals surface area contributed by atoms with E-state index in [4.69, 9.17) is 14.1 Å². The first-order chi connectivity index (χ1) is 17.9. The molecule has 1 aliphatic rings. The number of benzene rings is 3. The molecule has 0 amide bonds. The lowest BCUT2D eigenvalue weighted by molar-refractivity contribution is -0.137. The Morgan fingerprint density at radius 2 is 1.84 bits per heavy atom. The van der Waals surface area contributed by atoms with Gasteiger partial charge in [-0.15, -0.1) is 0 Å². The summed E-state index contributed by atoms with van der Waals surface area (Å²) >= 11 is 0. The van der Waals surface area contributed by atoms with Crippen LogP contribution in [0.4, 0.5) is 0 Å². The molecule has 1 unspecified atom stereocenters. The number of aliphatic carboxylic acids is 1. The zero-order chi connectivity index (χ0) is 25.9. The van der Waals surface area contributed by atoms with Crippen LogP contribution >= 0.6 is 0 Å². The third kappa shape index (κ3) is 5.46. The standard InChI is InChI=1S/C32H33NO4/c1-20(2)22-9-11-23(12-10-22)28-19-27(17-25-13-14-26(31(25)28)18-30(34)35)36-16-15-29-21(3)37-32(33-29)24-7-5-4-6-8-24/h4-12,17,19-20,26H,13-16,18H2,1-3H3,(H,34,35). The highest BCUT2D eigenvalue weighted by atomic mass is 16.5. The molecule has 4 aromatic rings. The summed E-state index contributed by atoms with van der Waals surface area (Å²) in [6.07, 6.45) is 2.51. The molecule has 1 atom stereocenters. The Hall–Kier alpha value is -3.86. The molecule has 5 heteroatoms. The normalized spacial score (nSPS) is 14.6. The molecule has 3 aromatic carbocycles. The number of fused-ring (bicyclic) bond motifs is 1. The van der Waals surface area contributed by atoms with Gasteiger partial charge in [-0.2, -0.15) is 0 Å². The van der Waals surface area contributed by atoms with Gasteiger partial charge in [0, 0.05) is 12.0 Å². The number of hydrogen-bond acceptors (Lipinski definition) is 4. The number of carbonyl (C=O) groups is 1. The zero-order valence-corrected chi connectivity index (χ0v) is 21.7. The van der Waals surface area contributed by atoms with E-state index < -0.39 is 5.97 Å². The molecule has 190 valence electrons. The molecule has 0 aliphatic heterocycles. The fourth-order valence-corrected chi connectivity index (χ4v) is 5.26. The van der Waals surface area contributed by atoms with Crippen LogP contribution in [0.5, 0.6) is 5.75 Å². The average Bonchev–Trinajstić information content (AvgIpc) is 3.47. The van der Waals surface area contributed by atoms with Crippen LogP contribution in [0.25, 0.3) is 22.6 Å². The topological polar surface area (TPSA) is 72.6 Å². The van der Waals surface area contributed by atoms with Gasteiger partial charge in [0.1, 0.15) is 11.5 Å². The first-order valence-electron chi connectivity index (χ1n) is 13.0. The van der Waals surface area contributed by atoms with Gasteiger partial charge in [0.15, 0.2) is 0 Å². The molecule has 0 saturated carbocycles. The molecule has 1 heterocycles. The SMILES string of the molecule is Cc1oc(-c2ccccc2)nc1CCOc1cc2c(c(-c3ccc(C(C)C)cc3)c1)C(CC(=O)O)CC2. The predicted octanol–water partition coefficient (Wildman–Crippen LogP) is 7.57. The molecule has 5 rings (SSSR count). The molecule has 0 saturated heterocycles. The van der Waals surface area contributed by atoms with Gasteiger partial charge in [-0.3, -0.25) is 4.79 Å². The molecule has 1 aliphatic carbocycles. The quantitative estimate of drug-likeness (QED) is 0.259.